The average molecular weight is 298 g/mol. The normalized spacial score (nSPS) is 9.91. The fourth-order valence-electron chi connectivity index (χ4n) is 2.05. The number of carbonyl (C=O) groups is 2. The summed E-state index contributed by atoms with van der Waals surface area (Å²) in [7, 11) is 3.15. The van der Waals surface area contributed by atoms with Crippen LogP contribution in [0.3, 0.4) is 0 Å². The molecule has 0 aliphatic rings. The first-order valence-corrected chi connectivity index (χ1v) is 6.88. The average Bonchev–Trinajstić information content (AvgIpc) is 2.55. The molecule has 0 saturated heterocycles. The number of ether oxygens (including phenoxy) is 1. The maximum Gasteiger partial charge on any atom is 0.253 e. The molecule has 0 aliphatic carbocycles. The second-order valence-electron chi connectivity index (χ2n) is 4.70. The summed E-state index contributed by atoms with van der Waals surface area (Å²) in [6, 6.07) is 14.2. The Balaban J connectivity index is 2.07. The van der Waals surface area contributed by atoms with Crippen LogP contribution in [0.1, 0.15) is 15.9 Å². The Bertz CT molecular complexity index is 666. The first-order chi connectivity index (χ1) is 10.6. The summed E-state index contributed by atoms with van der Waals surface area (Å²) >= 11 is 0. The van der Waals surface area contributed by atoms with Crippen molar-refractivity contribution in [1.29, 1.82) is 0 Å². The number of benzene rings is 2. The van der Waals surface area contributed by atoms with Gasteiger partial charge in [0.25, 0.3) is 5.91 Å². The molecule has 0 aliphatic heterocycles. The van der Waals surface area contributed by atoms with Crippen molar-refractivity contribution >= 4 is 17.5 Å². The van der Waals surface area contributed by atoms with E-state index >= 15 is 0 Å². The molecule has 5 heteroatoms. The summed E-state index contributed by atoms with van der Waals surface area (Å²) in [4.78, 5) is 23.9. The second-order valence-corrected chi connectivity index (χ2v) is 4.70. The van der Waals surface area contributed by atoms with Crippen molar-refractivity contribution < 1.29 is 14.3 Å². The van der Waals surface area contributed by atoms with E-state index in [2.05, 4.69) is 10.6 Å². The Morgan fingerprint density at radius 1 is 1.05 bits per heavy atom. The van der Waals surface area contributed by atoms with Crippen LogP contribution in [-0.4, -0.2) is 26.0 Å². The van der Waals surface area contributed by atoms with Gasteiger partial charge in [-0.25, -0.2) is 0 Å². The lowest BCUT2D eigenvalue weighted by molar-refractivity contribution is -0.115. The predicted octanol–water partition coefficient (Wildman–Crippen LogP) is 2.24. The van der Waals surface area contributed by atoms with Gasteiger partial charge in [0, 0.05) is 7.05 Å². The third-order valence-electron chi connectivity index (χ3n) is 3.20. The fourth-order valence-corrected chi connectivity index (χ4v) is 2.05. The molecule has 2 aromatic rings. The van der Waals surface area contributed by atoms with E-state index in [9.17, 15) is 9.59 Å². The van der Waals surface area contributed by atoms with E-state index in [0.717, 1.165) is 11.3 Å². The Hall–Kier alpha value is -2.82. The summed E-state index contributed by atoms with van der Waals surface area (Å²) in [5.41, 5.74) is 1.81. The molecule has 114 valence electrons. The molecule has 0 spiro atoms. The number of hydrogen-bond acceptors (Lipinski definition) is 3. The molecule has 2 N–H and O–H groups in total. The third kappa shape index (κ3) is 3.85. The highest BCUT2D eigenvalue weighted by atomic mass is 16.5. The van der Waals surface area contributed by atoms with Crippen LogP contribution in [0.25, 0.3) is 0 Å². The molecule has 5 nitrogen and oxygen atoms in total. The Morgan fingerprint density at radius 3 is 2.36 bits per heavy atom. The lowest BCUT2D eigenvalue weighted by Gasteiger charge is -2.10. The van der Waals surface area contributed by atoms with Gasteiger partial charge in [0.05, 0.1) is 24.8 Å². The molecular weight excluding hydrogens is 280 g/mol. The highest BCUT2D eigenvalue weighted by molar-refractivity contribution is 6.03. The molecular formula is C17H18N2O3. The van der Waals surface area contributed by atoms with Gasteiger partial charge in [-0.1, -0.05) is 24.3 Å². The van der Waals surface area contributed by atoms with Crippen LogP contribution in [0.5, 0.6) is 5.75 Å². The lowest BCUT2D eigenvalue weighted by atomic mass is 10.1. The largest absolute Gasteiger partial charge is 0.497 e. The number of nitrogens with one attached hydrogen (secondary N) is 2. The number of hydrogen-bond donors (Lipinski definition) is 2. The van der Waals surface area contributed by atoms with E-state index in [1.807, 2.05) is 12.1 Å². The molecule has 0 aromatic heterocycles. The maximum atomic E-state index is 12.1. The number of rotatable bonds is 5. The number of carbonyl (C=O) groups excluding carboxylic acids is 2. The van der Waals surface area contributed by atoms with E-state index in [1.54, 1.807) is 50.6 Å². The summed E-state index contributed by atoms with van der Waals surface area (Å²) in [6.07, 6.45) is 0.228. The zero-order chi connectivity index (χ0) is 15.9. The SMILES string of the molecule is CNC(=O)c1ccccc1NC(=O)Cc1ccc(OC)cc1. The lowest BCUT2D eigenvalue weighted by Crippen LogP contribution is -2.22. The minimum Gasteiger partial charge on any atom is -0.497 e. The van der Waals surface area contributed by atoms with Gasteiger partial charge in [0.15, 0.2) is 0 Å². The van der Waals surface area contributed by atoms with Crippen molar-refractivity contribution in [3.8, 4) is 5.75 Å². The van der Waals surface area contributed by atoms with Crippen molar-refractivity contribution in [1.82, 2.24) is 5.32 Å². The van der Waals surface area contributed by atoms with E-state index in [4.69, 9.17) is 4.74 Å². The molecule has 0 fully saturated rings. The monoisotopic (exact) mass is 298 g/mol. The van der Waals surface area contributed by atoms with Crippen molar-refractivity contribution in [3.05, 3.63) is 59.7 Å². The summed E-state index contributed by atoms with van der Waals surface area (Å²) in [5.74, 6) is 0.330. The van der Waals surface area contributed by atoms with Gasteiger partial charge in [-0.2, -0.15) is 0 Å². The number of anilines is 1. The first kappa shape index (κ1) is 15.6. The van der Waals surface area contributed by atoms with Crippen LogP contribution < -0.4 is 15.4 Å². The Kier molecular flexibility index (Phi) is 5.14. The van der Waals surface area contributed by atoms with E-state index in [1.165, 1.54) is 0 Å². The van der Waals surface area contributed by atoms with Crippen LogP contribution in [0.4, 0.5) is 5.69 Å². The van der Waals surface area contributed by atoms with Crippen molar-refractivity contribution in [2.45, 2.75) is 6.42 Å². The molecule has 22 heavy (non-hydrogen) atoms. The molecule has 2 rings (SSSR count). The van der Waals surface area contributed by atoms with E-state index in [-0.39, 0.29) is 18.2 Å². The molecule has 0 unspecified atom stereocenters. The van der Waals surface area contributed by atoms with Crippen LogP contribution in [0.15, 0.2) is 48.5 Å². The zero-order valence-electron chi connectivity index (χ0n) is 12.6. The number of methoxy groups -OCH3 is 1. The molecule has 2 amide bonds. The summed E-state index contributed by atoms with van der Waals surface area (Å²) < 4.78 is 5.08. The molecule has 2 aromatic carbocycles. The molecule has 0 bridgehead atoms. The Labute approximate surface area is 129 Å². The maximum absolute atomic E-state index is 12.1. The van der Waals surface area contributed by atoms with Crippen molar-refractivity contribution in [2.75, 3.05) is 19.5 Å². The summed E-state index contributed by atoms with van der Waals surface area (Å²) in [5, 5.41) is 5.32. The van der Waals surface area contributed by atoms with Gasteiger partial charge < -0.3 is 15.4 Å². The van der Waals surface area contributed by atoms with E-state index in [0.29, 0.717) is 11.3 Å². The number of amides is 2. The topological polar surface area (TPSA) is 67.4 Å². The van der Waals surface area contributed by atoms with Gasteiger partial charge >= 0.3 is 0 Å². The zero-order valence-corrected chi connectivity index (χ0v) is 12.6. The van der Waals surface area contributed by atoms with Gasteiger partial charge in [-0.05, 0) is 29.8 Å². The van der Waals surface area contributed by atoms with Gasteiger partial charge in [0.2, 0.25) is 5.91 Å². The quantitative estimate of drug-likeness (QED) is 0.889. The highest BCUT2D eigenvalue weighted by Gasteiger charge is 2.12. The van der Waals surface area contributed by atoms with Gasteiger partial charge in [-0.3, -0.25) is 9.59 Å². The van der Waals surface area contributed by atoms with Crippen LogP contribution in [0, 0.1) is 0 Å². The van der Waals surface area contributed by atoms with Gasteiger partial charge in [-0.15, -0.1) is 0 Å². The summed E-state index contributed by atoms with van der Waals surface area (Å²) in [6.45, 7) is 0. The van der Waals surface area contributed by atoms with Crippen molar-refractivity contribution in [2.24, 2.45) is 0 Å². The highest BCUT2D eigenvalue weighted by Crippen LogP contribution is 2.16. The van der Waals surface area contributed by atoms with Crippen LogP contribution in [-0.2, 0) is 11.2 Å². The minimum absolute atomic E-state index is 0.179. The third-order valence-corrected chi connectivity index (χ3v) is 3.20. The smallest absolute Gasteiger partial charge is 0.253 e. The van der Waals surface area contributed by atoms with E-state index < -0.39 is 0 Å². The van der Waals surface area contributed by atoms with Crippen LogP contribution >= 0.6 is 0 Å². The van der Waals surface area contributed by atoms with Crippen molar-refractivity contribution in [3.63, 3.8) is 0 Å². The predicted molar refractivity (Wildman–Crippen MR) is 85.2 cm³/mol. The number of para-hydroxylation sites is 1. The first-order valence-electron chi connectivity index (χ1n) is 6.88. The molecule has 0 saturated carbocycles. The molecule has 0 atom stereocenters. The second kappa shape index (κ2) is 7.26. The molecule has 0 heterocycles. The van der Waals surface area contributed by atoms with Crippen LogP contribution in [0.2, 0.25) is 0 Å². The minimum atomic E-state index is -0.236. The van der Waals surface area contributed by atoms with Gasteiger partial charge in [0.1, 0.15) is 5.75 Å². The fraction of sp³-hybridized carbons (Fsp3) is 0.176. The Morgan fingerprint density at radius 2 is 1.73 bits per heavy atom. The molecule has 0 radical (unpaired) electrons. The standard InChI is InChI=1S/C17H18N2O3/c1-18-17(21)14-5-3-4-6-15(14)19-16(20)11-12-7-9-13(22-2)10-8-12/h3-10H,11H2,1-2H3,(H,18,21)(H,19,20).